The summed E-state index contributed by atoms with van der Waals surface area (Å²) in [5.74, 6) is -0.213. The van der Waals surface area contributed by atoms with Gasteiger partial charge in [0.1, 0.15) is 5.71 Å². The molecule has 1 unspecified atom stereocenters. The van der Waals surface area contributed by atoms with Crippen molar-refractivity contribution in [2.45, 2.75) is 31.3 Å². The van der Waals surface area contributed by atoms with Gasteiger partial charge in [-0.3, -0.25) is 15.2 Å². The third-order valence-electron chi connectivity index (χ3n) is 5.57. The van der Waals surface area contributed by atoms with Gasteiger partial charge in [-0.2, -0.15) is 5.10 Å². The Balaban J connectivity index is 1.60. The predicted octanol–water partition coefficient (Wildman–Crippen LogP) is 5.10. The van der Waals surface area contributed by atoms with Crippen molar-refractivity contribution in [3.8, 4) is 0 Å². The molecule has 1 amide bonds. The van der Waals surface area contributed by atoms with Gasteiger partial charge in [-0.1, -0.05) is 46.9 Å². The molecule has 1 N–H and O–H groups in total. The van der Waals surface area contributed by atoms with Crippen LogP contribution in [0.2, 0.25) is 15.1 Å². The number of carbonyl (C=O) groups is 1. The highest BCUT2D eigenvalue weighted by molar-refractivity contribution is 6.40. The van der Waals surface area contributed by atoms with E-state index in [1.54, 1.807) is 24.3 Å². The monoisotopic (exact) mass is 480 g/mol. The van der Waals surface area contributed by atoms with Crippen LogP contribution in [0.25, 0.3) is 0 Å². The predicted molar refractivity (Wildman–Crippen MR) is 125 cm³/mol. The number of benzene rings is 2. The van der Waals surface area contributed by atoms with E-state index in [0.717, 1.165) is 24.9 Å². The minimum absolute atomic E-state index is 0.171. The minimum atomic E-state index is -0.213. The van der Waals surface area contributed by atoms with Gasteiger partial charge in [0.05, 0.1) is 29.4 Å². The van der Waals surface area contributed by atoms with Gasteiger partial charge in [0.25, 0.3) is 5.91 Å². The molecule has 2 aromatic carbocycles. The van der Waals surface area contributed by atoms with E-state index in [1.165, 1.54) is 0 Å². The van der Waals surface area contributed by atoms with Gasteiger partial charge in [0.2, 0.25) is 0 Å². The summed E-state index contributed by atoms with van der Waals surface area (Å²) in [5.41, 5.74) is 5.13. The van der Waals surface area contributed by atoms with Crippen LogP contribution < -0.4 is 10.4 Å². The van der Waals surface area contributed by atoms with Crippen LogP contribution in [-0.2, 0) is 9.53 Å². The Labute approximate surface area is 196 Å². The lowest BCUT2D eigenvalue weighted by Gasteiger charge is -2.25. The number of nitrogens with one attached hydrogen (secondary N) is 1. The second kappa shape index (κ2) is 9.76. The largest absolute Gasteiger partial charge is 0.383 e. The average molecular weight is 482 g/mol. The third kappa shape index (κ3) is 4.99. The summed E-state index contributed by atoms with van der Waals surface area (Å²) in [7, 11) is 1.67. The van der Waals surface area contributed by atoms with Crippen molar-refractivity contribution < 1.29 is 9.53 Å². The molecule has 9 heteroatoms. The van der Waals surface area contributed by atoms with Crippen LogP contribution in [0.5, 0.6) is 0 Å². The van der Waals surface area contributed by atoms with Crippen LogP contribution in [0.4, 0.5) is 5.69 Å². The van der Waals surface area contributed by atoms with Crippen LogP contribution in [-0.4, -0.2) is 42.9 Å². The number of hydrogen-bond acceptors (Lipinski definition) is 5. The summed E-state index contributed by atoms with van der Waals surface area (Å²) in [6, 6.07) is 12.8. The fourth-order valence-corrected chi connectivity index (χ4v) is 4.65. The summed E-state index contributed by atoms with van der Waals surface area (Å²) in [6.45, 7) is 1.37. The lowest BCUT2D eigenvalue weighted by Crippen LogP contribution is -2.48. The highest BCUT2D eigenvalue weighted by Crippen LogP contribution is 2.40. The highest BCUT2D eigenvalue weighted by atomic mass is 35.5. The number of nitrogens with zero attached hydrogens (tertiary/aromatic N) is 3. The van der Waals surface area contributed by atoms with Crippen molar-refractivity contribution in [1.82, 2.24) is 10.4 Å². The molecule has 0 aliphatic carbocycles. The molecule has 0 radical (unpaired) electrons. The van der Waals surface area contributed by atoms with Gasteiger partial charge < -0.3 is 4.74 Å². The maximum Gasteiger partial charge on any atom is 0.281 e. The fourth-order valence-electron chi connectivity index (χ4n) is 4.02. The topological polar surface area (TPSA) is 57.2 Å². The Morgan fingerprint density at radius 2 is 1.90 bits per heavy atom. The Kier molecular flexibility index (Phi) is 7.04. The van der Waals surface area contributed by atoms with E-state index in [1.807, 2.05) is 35.3 Å². The van der Waals surface area contributed by atoms with E-state index in [-0.39, 0.29) is 18.0 Å². The molecule has 0 aromatic heterocycles. The lowest BCUT2D eigenvalue weighted by molar-refractivity contribution is -0.120. The number of carbonyl (C=O) groups excluding carboxylic acids is 1. The molecule has 2 heterocycles. The molecule has 1 saturated heterocycles. The van der Waals surface area contributed by atoms with Crippen molar-refractivity contribution in [2.75, 3.05) is 25.3 Å². The zero-order chi connectivity index (χ0) is 22.0. The number of anilines is 1. The molecule has 2 aromatic rings. The smallest absolute Gasteiger partial charge is 0.281 e. The zero-order valence-corrected chi connectivity index (χ0v) is 19.3. The first-order chi connectivity index (χ1) is 15.0. The number of hydrazine groups is 1. The van der Waals surface area contributed by atoms with Gasteiger partial charge in [-0.05, 0) is 48.7 Å². The maximum atomic E-state index is 13.1. The second-order valence-electron chi connectivity index (χ2n) is 7.64. The third-order valence-corrected chi connectivity index (χ3v) is 6.35. The Bertz CT molecular complexity index is 983. The van der Waals surface area contributed by atoms with Crippen molar-refractivity contribution in [3.63, 3.8) is 0 Å². The lowest BCUT2D eigenvalue weighted by atomic mass is 10.0. The van der Waals surface area contributed by atoms with Crippen LogP contribution in [0, 0.1) is 0 Å². The van der Waals surface area contributed by atoms with Crippen LogP contribution in [0.3, 0.4) is 0 Å². The number of ether oxygens (including phenoxy) is 1. The van der Waals surface area contributed by atoms with E-state index in [9.17, 15) is 4.79 Å². The molecule has 164 valence electrons. The zero-order valence-electron chi connectivity index (χ0n) is 17.0. The molecule has 1 fully saturated rings. The van der Waals surface area contributed by atoms with Crippen molar-refractivity contribution in [2.24, 2.45) is 5.10 Å². The number of halogens is 3. The molecule has 0 spiro atoms. The molecular weight excluding hydrogens is 459 g/mol. The first-order valence-electron chi connectivity index (χ1n) is 10.1. The molecule has 4 rings (SSSR count). The molecular formula is C22H23Cl3N4O2. The number of hydrogen-bond donors (Lipinski definition) is 1. The van der Waals surface area contributed by atoms with E-state index in [2.05, 4.69) is 10.5 Å². The maximum absolute atomic E-state index is 13.1. The summed E-state index contributed by atoms with van der Waals surface area (Å²) in [4.78, 5) is 13.1. The normalized spacial score (nSPS) is 21.4. The van der Waals surface area contributed by atoms with E-state index >= 15 is 0 Å². The molecule has 0 bridgehead atoms. The minimum Gasteiger partial charge on any atom is -0.383 e. The quantitative estimate of drug-likeness (QED) is 0.624. The van der Waals surface area contributed by atoms with Crippen LogP contribution in [0.15, 0.2) is 47.6 Å². The van der Waals surface area contributed by atoms with Crippen molar-refractivity contribution in [1.29, 1.82) is 0 Å². The SMILES string of the molecule is COC[C@@H]1CCCN1NC(=O)C1=NN(c2ccc(Cl)cc2Cl)C(c2ccc(Cl)cc2)C1. The summed E-state index contributed by atoms with van der Waals surface area (Å²) >= 11 is 18.6. The molecule has 31 heavy (non-hydrogen) atoms. The van der Waals surface area contributed by atoms with Gasteiger partial charge in [-0.25, -0.2) is 5.01 Å². The Hall–Kier alpha value is -1.83. The van der Waals surface area contributed by atoms with Gasteiger partial charge >= 0.3 is 0 Å². The molecule has 2 atom stereocenters. The molecule has 0 saturated carbocycles. The van der Waals surface area contributed by atoms with E-state index in [0.29, 0.717) is 39.5 Å². The molecule has 2 aliphatic heterocycles. The molecule has 6 nitrogen and oxygen atoms in total. The van der Waals surface area contributed by atoms with Gasteiger partial charge in [0, 0.05) is 30.1 Å². The first-order valence-corrected chi connectivity index (χ1v) is 11.2. The summed E-state index contributed by atoms with van der Waals surface area (Å²) in [5, 5.41) is 10.0. The Morgan fingerprint density at radius 1 is 1.16 bits per heavy atom. The summed E-state index contributed by atoms with van der Waals surface area (Å²) in [6.07, 6.45) is 2.44. The van der Waals surface area contributed by atoms with E-state index in [4.69, 9.17) is 39.5 Å². The Morgan fingerprint density at radius 3 is 2.61 bits per heavy atom. The number of rotatable bonds is 6. The number of methoxy groups -OCH3 is 1. The molecule has 2 aliphatic rings. The summed E-state index contributed by atoms with van der Waals surface area (Å²) < 4.78 is 5.28. The second-order valence-corrected chi connectivity index (χ2v) is 8.92. The van der Waals surface area contributed by atoms with Crippen molar-refractivity contribution in [3.05, 3.63) is 63.1 Å². The van der Waals surface area contributed by atoms with Crippen LogP contribution >= 0.6 is 34.8 Å². The average Bonchev–Trinajstić information content (AvgIpc) is 3.36. The van der Waals surface area contributed by atoms with Crippen LogP contribution in [0.1, 0.15) is 30.9 Å². The van der Waals surface area contributed by atoms with E-state index < -0.39 is 0 Å². The van der Waals surface area contributed by atoms with Crippen molar-refractivity contribution >= 4 is 52.1 Å². The highest BCUT2D eigenvalue weighted by Gasteiger charge is 2.35. The van der Waals surface area contributed by atoms with Gasteiger partial charge in [0.15, 0.2) is 0 Å². The first kappa shape index (κ1) is 22.4. The number of hydrazone groups is 1. The standard InChI is InChI=1S/C22H23Cl3N4O2/c1-31-13-17-3-2-10-28(17)27-22(30)19-12-21(14-4-6-15(23)7-5-14)29(26-19)20-9-8-16(24)11-18(20)25/h4-9,11,17,21H,2-3,10,12-13H2,1H3,(H,27,30)/t17-,21?/m0/s1. The number of amides is 1. The van der Waals surface area contributed by atoms with Gasteiger partial charge in [-0.15, -0.1) is 0 Å². The fraction of sp³-hybridized carbons (Fsp3) is 0.364.